The number of anilines is 1. The van der Waals surface area contributed by atoms with E-state index in [4.69, 9.17) is 4.74 Å². The number of non-ortho nitro benzene ring substituents is 1. The van der Waals surface area contributed by atoms with Gasteiger partial charge in [-0.05, 0) is 32.0 Å². The van der Waals surface area contributed by atoms with Crippen molar-refractivity contribution in [1.82, 2.24) is 4.90 Å². The van der Waals surface area contributed by atoms with Crippen LogP contribution in [0.3, 0.4) is 0 Å². The van der Waals surface area contributed by atoms with Crippen LogP contribution in [-0.2, 0) is 14.3 Å². The Labute approximate surface area is 167 Å². The summed E-state index contributed by atoms with van der Waals surface area (Å²) in [6.07, 6.45) is -1.17. The molecule has 0 radical (unpaired) electrons. The van der Waals surface area contributed by atoms with Crippen molar-refractivity contribution in [2.24, 2.45) is 0 Å². The molecule has 0 aliphatic carbocycles. The molecule has 0 fully saturated rings. The lowest BCUT2D eigenvalue weighted by Gasteiger charge is -2.21. The van der Waals surface area contributed by atoms with Crippen LogP contribution in [-0.4, -0.2) is 47.3 Å². The summed E-state index contributed by atoms with van der Waals surface area (Å²) < 4.78 is 5.08. The molecule has 2 aromatic rings. The number of aryl methyl sites for hydroxylation is 1. The van der Waals surface area contributed by atoms with Gasteiger partial charge in [0.15, 0.2) is 6.10 Å². The number of hydrogen-bond donors (Lipinski definition) is 1. The summed E-state index contributed by atoms with van der Waals surface area (Å²) in [6.45, 7) is 3.06. The molecule has 0 aromatic heterocycles. The van der Waals surface area contributed by atoms with E-state index in [1.54, 1.807) is 12.1 Å². The van der Waals surface area contributed by atoms with Crippen molar-refractivity contribution < 1.29 is 24.0 Å². The lowest BCUT2D eigenvalue weighted by Crippen LogP contribution is -2.41. The van der Waals surface area contributed by atoms with E-state index in [1.165, 1.54) is 32.2 Å². The zero-order valence-electron chi connectivity index (χ0n) is 16.2. The average molecular weight is 399 g/mol. The number of ether oxygens (including phenoxy) is 1. The second kappa shape index (κ2) is 9.45. The van der Waals surface area contributed by atoms with Gasteiger partial charge in [0.1, 0.15) is 0 Å². The molecule has 0 aliphatic heterocycles. The topological polar surface area (TPSA) is 119 Å². The molecule has 2 amide bonds. The van der Waals surface area contributed by atoms with Crippen molar-refractivity contribution in [2.75, 3.05) is 18.9 Å². The summed E-state index contributed by atoms with van der Waals surface area (Å²) in [7, 11) is 1.41. The molecule has 0 heterocycles. The SMILES string of the molecule is Cc1ccc(NC(=O)CN(C)C(=O)[C@@H](C)OC(=O)c2cccc([N+](=O)[O-])c2)cc1. The minimum absolute atomic E-state index is 0.0429. The van der Waals surface area contributed by atoms with Crippen LogP contribution >= 0.6 is 0 Å². The molecule has 152 valence electrons. The van der Waals surface area contributed by atoms with E-state index >= 15 is 0 Å². The average Bonchev–Trinajstić information content (AvgIpc) is 2.68. The molecule has 0 unspecified atom stereocenters. The van der Waals surface area contributed by atoms with Crippen molar-refractivity contribution in [3.05, 3.63) is 69.8 Å². The first-order valence-corrected chi connectivity index (χ1v) is 8.74. The van der Waals surface area contributed by atoms with E-state index in [1.807, 2.05) is 19.1 Å². The van der Waals surface area contributed by atoms with Gasteiger partial charge in [0, 0.05) is 24.9 Å². The number of carbonyl (C=O) groups is 3. The second-order valence-corrected chi connectivity index (χ2v) is 6.46. The van der Waals surface area contributed by atoms with Gasteiger partial charge >= 0.3 is 5.97 Å². The Kier molecular flexibility index (Phi) is 7.02. The normalized spacial score (nSPS) is 11.3. The number of nitrogens with zero attached hydrogens (tertiary/aromatic N) is 2. The van der Waals surface area contributed by atoms with E-state index in [0.29, 0.717) is 5.69 Å². The van der Waals surface area contributed by atoms with Gasteiger partial charge in [0.05, 0.1) is 17.0 Å². The number of likely N-dealkylation sites (N-methyl/N-ethyl adjacent to an activating group) is 1. The summed E-state index contributed by atoms with van der Waals surface area (Å²) >= 11 is 0. The quantitative estimate of drug-likeness (QED) is 0.434. The Morgan fingerprint density at radius 3 is 2.45 bits per heavy atom. The number of benzene rings is 2. The van der Waals surface area contributed by atoms with E-state index < -0.39 is 28.8 Å². The summed E-state index contributed by atoms with van der Waals surface area (Å²) in [5, 5.41) is 13.5. The van der Waals surface area contributed by atoms with Gasteiger partial charge in [-0.1, -0.05) is 23.8 Å². The number of rotatable bonds is 7. The standard InChI is InChI=1S/C20H21N3O6/c1-13-7-9-16(10-8-13)21-18(24)12-22(3)19(25)14(2)29-20(26)15-5-4-6-17(11-15)23(27)28/h4-11,14H,12H2,1-3H3,(H,21,24)/t14-/m1/s1. The van der Waals surface area contributed by atoms with Gasteiger partial charge in [-0.15, -0.1) is 0 Å². The van der Waals surface area contributed by atoms with Crippen molar-refractivity contribution >= 4 is 29.2 Å². The van der Waals surface area contributed by atoms with E-state index in [-0.39, 0.29) is 17.8 Å². The largest absolute Gasteiger partial charge is 0.449 e. The number of nitrogens with one attached hydrogen (secondary N) is 1. The summed E-state index contributed by atoms with van der Waals surface area (Å²) in [5.41, 5.74) is 1.35. The van der Waals surface area contributed by atoms with Crippen LogP contribution in [0.1, 0.15) is 22.8 Å². The monoisotopic (exact) mass is 399 g/mol. The molecular formula is C20H21N3O6. The third-order valence-corrected chi connectivity index (χ3v) is 4.02. The maximum Gasteiger partial charge on any atom is 0.339 e. The molecule has 0 saturated carbocycles. The van der Waals surface area contributed by atoms with Gasteiger partial charge in [0.25, 0.3) is 11.6 Å². The van der Waals surface area contributed by atoms with Crippen LogP contribution in [0.5, 0.6) is 0 Å². The van der Waals surface area contributed by atoms with Gasteiger partial charge in [-0.2, -0.15) is 0 Å². The number of nitro groups is 1. The molecule has 2 rings (SSSR count). The maximum atomic E-state index is 12.4. The Morgan fingerprint density at radius 2 is 1.83 bits per heavy atom. The molecule has 29 heavy (non-hydrogen) atoms. The molecule has 0 aliphatic rings. The van der Waals surface area contributed by atoms with Crippen LogP contribution in [0.15, 0.2) is 48.5 Å². The number of esters is 1. The lowest BCUT2D eigenvalue weighted by molar-refractivity contribution is -0.384. The first-order chi connectivity index (χ1) is 13.7. The maximum absolute atomic E-state index is 12.4. The van der Waals surface area contributed by atoms with Gasteiger partial charge in [-0.25, -0.2) is 4.79 Å². The van der Waals surface area contributed by atoms with Gasteiger partial charge in [-0.3, -0.25) is 19.7 Å². The number of amides is 2. The minimum Gasteiger partial charge on any atom is -0.449 e. The minimum atomic E-state index is -1.17. The molecule has 0 spiro atoms. The highest BCUT2D eigenvalue weighted by molar-refractivity contribution is 5.96. The van der Waals surface area contributed by atoms with Crippen LogP contribution < -0.4 is 5.32 Å². The predicted octanol–water partition coefficient (Wildman–Crippen LogP) is 2.55. The molecule has 0 saturated heterocycles. The Balaban J connectivity index is 1.91. The van der Waals surface area contributed by atoms with Crippen molar-refractivity contribution in [3.8, 4) is 0 Å². The van der Waals surface area contributed by atoms with E-state index in [2.05, 4.69) is 5.32 Å². The summed E-state index contributed by atoms with van der Waals surface area (Å²) in [5.74, 6) is -1.85. The zero-order valence-corrected chi connectivity index (χ0v) is 16.2. The summed E-state index contributed by atoms with van der Waals surface area (Å²) in [6, 6.07) is 12.2. The highest BCUT2D eigenvalue weighted by Crippen LogP contribution is 2.15. The fourth-order valence-electron chi connectivity index (χ4n) is 2.47. The molecule has 9 heteroatoms. The Hall–Kier alpha value is -3.75. The number of nitro benzene ring substituents is 1. The van der Waals surface area contributed by atoms with Gasteiger partial charge < -0.3 is 15.0 Å². The number of hydrogen-bond acceptors (Lipinski definition) is 6. The number of carbonyl (C=O) groups excluding carboxylic acids is 3. The third-order valence-electron chi connectivity index (χ3n) is 4.02. The molecular weight excluding hydrogens is 378 g/mol. The first kappa shape index (κ1) is 21.5. The highest BCUT2D eigenvalue weighted by Gasteiger charge is 2.24. The summed E-state index contributed by atoms with van der Waals surface area (Å²) in [4.78, 5) is 47.9. The van der Waals surface area contributed by atoms with Crippen LogP contribution in [0.4, 0.5) is 11.4 Å². The zero-order chi connectivity index (χ0) is 21.6. The van der Waals surface area contributed by atoms with Gasteiger partial charge in [0.2, 0.25) is 5.91 Å². The smallest absolute Gasteiger partial charge is 0.339 e. The molecule has 9 nitrogen and oxygen atoms in total. The molecule has 0 bridgehead atoms. The second-order valence-electron chi connectivity index (χ2n) is 6.46. The van der Waals surface area contributed by atoms with Crippen LogP contribution in [0, 0.1) is 17.0 Å². The van der Waals surface area contributed by atoms with E-state index in [0.717, 1.165) is 16.5 Å². The first-order valence-electron chi connectivity index (χ1n) is 8.74. The van der Waals surface area contributed by atoms with Crippen LogP contribution in [0.2, 0.25) is 0 Å². The predicted molar refractivity (Wildman–Crippen MR) is 105 cm³/mol. The molecule has 1 atom stereocenters. The molecule has 1 N–H and O–H groups in total. The fraction of sp³-hybridized carbons (Fsp3) is 0.250. The lowest BCUT2D eigenvalue weighted by atomic mass is 10.2. The Bertz CT molecular complexity index is 926. The van der Waals surface area contributed by atoms with Crippen molar-refractivity contribution in [2.45, 2.75) is 20.0 Å². The highest BCUT2D eigenvalue weighted by atomic mass is 16.6. The molecule has 2 aromatic carbocycles. The van der Waals surface area contributed by atoms with E-state index in [9.17, 15) is 24.5 Å². The fourth-order valence-corrected chi connectivity index (χ4v) is 2.47. The third kappa shape index (κ3) is 6.13. The van der Waals surface area contributed by atoms with Crippen LogP contribution in [0.25, 0.3) is 0 Å². The Morgan fingerprint density at radius 1 is 1.17 bits per heavy atom. The van der Waals surface area contributed by atoms with Crippen molar-refractivity contribution in [3.63, 3.8) is 0 Å². The van der Waals surface area contributed by atoms with Crippen molar-refractivity contribution in [1.29, 1.82) is 0 Å².